The van der Waals surface area contributed by atoms with E-state index in [1.807, 2.05) is 0 Å². The maximum absolute atomic E-state index is 10.8. The highest BCUT2D eigenvalue weighted by atomic mass is 16.5. The quantitative estimate of drug-likeness (QED) is 0.780. The first-order chi connectivity index (χ1) is 8.20. The summed E-state index contributed by atoms with van der Waals surface area (Å²) in [5.41, 5.74) is 0. The number of nitrogens with zero attached hydrogens (tertiary/aromatic N) is 3. The lowest BCUT2D eigenvalue weighted by Crippen LogP contribution is -2.46. The Morgan fingerprint density at radius 1 is 1.71 bits per heavy atom. The Labute approximate surface area is 98.0 Å². The molecule has 1 atom stereocenters. The number of hydrogen-bond acceptors (Lipinski definition) is 6. The molecule has 7 heteroatoms. The smallest absolute Gasteiger partial charge is 0.334 e. The molecule has 1 aliphatic heterocycles. The lowest BCUT2D eigenvalue weighted by Gasteiger charge is -2.30. The molecule has 0 spiro atoms. The van der Waals surface area contributed by atoms with Crippen molar-refractivity contribution in [3.05, 3.63) is 12.3 Å². The average molecular weight is 239 g/mol. The second-order valence-corrected chi connectivity index (χ2v) is 3.54. The van der Waals surface area contributed by atoms with Gasteiger partial charge in [-0.05, 0) is 0 Å². The summed E-state index contributed by atoms with van der Waals surface area (Å²) >= 11 is 0. The average Bonchev–Trinajstić information content (AvgIpc) is 2.39. The lowest BCUT2D eigenvalue weighted by atomic mass is 10.3. The molecule has 0 aromatic carbocycles. The monoisotopic (exact) mass is 239 g/mol. The van der Waals surface area contributed by atoms with E-state index in [1.54, 1.807) is 17.2 Å². The van der Waals surface area contributed by atoms with Gasteiger partial charge in [0.15, 0.2) is 6.10 Å². The highest BCUT2D eigenvalue weighted by Gasteiger charge is 2.27. The fourth-order valence-electron chi connectivity index (χ4n) is 1.58. The SMILES string of the molecule is COc1ccnc(N2CCOC(C(=O)O)C2)n1. The van der Waals surface area contributed by atoms with Gasteiger partial charge in [-0.2, -0.15) is 4.98 Å². The van der Waals surface area contributed by atoms with Crippen molar-refractivity contribution in [2.45, 2.75) is 6.10 Å². The number of aliphatic carboxylic acids is 1. The molecule has 17 heavy (non-hydrogen) atoms. The molecule has 0 amide bonds. The number of carboxylic acid groups (broad SMARTS) is 1. The summed E-state index contributed by atoms with van der Waals surface area (Å²) < 4.78 is 10.1. The predicted octanol–water partition coefficient (Wildman–Crippen LogP) is -0.225. The molecule has 1 aliphatic rings. The van der Waals surface area contributed by atoms with Crippen LogP contribution in [0.3, 0.4) is 0 Å². The van der Waals surface area contributed by atoms with Crippen molar-refractivity contribution in [2.75, 3.05) is 31.7 Å². The third kappa shape index (κ3) is 2.62. The first kappa shape index (κ1) is 11.6. The number of carbonyl (C=O) groups is 1. The van der Waals surface area contributed by atoms with Gasteiger partial charge in [-0.3, -0.25) is 0 Å². The van der Waals surface area contributed by atoms with E-state index in [0.717, 1.165) is 0 Å². The first-order valence-electron chi connectivity index (χ1n) is 5.17. The molecule has 0 aliphatic carbocycles. The number of rotatable bonds is 3. The normalized spacial score (nSPS) is 20.1. The molecule has 1 fully saturated rings. The van der Waals surface area contributed by atoms with E-state index < -0.39 is 12.1 Å². The van der Waals surface area contributed by atoms with Gasteiger partial charge in [-0.1, -0.05) is 0 Å². The van der Waals surface area contributed by atoms with Crippen LogP contribution in [0.1, 0.15) is 0 Å². The van der Waals surface area contributed by atoms with Crippen molar-refractivity contribution in [1.82, 2.24) is 9.97 Å². The van der Waals surface area contributed by atoms with Crippen LogP contribution in [-0.4, -0.2) is 54.0 Å². The minimum absolute atomic E-state index is 0.239. The molecule has 0 bridgehead atoms. The Bertz CT molecular complexity index is 412. The van der Waals surface area contributed by atoms with Crippen molar-refractivity contribution < 1.29 is 19.4 Å². The molecule has 1 aromatic rings. The zero-order valence-corrected chi connectivity index (χ0v) is 9.37. The molecule has 7 nitrogen and oxygen atoms in total. The Balaban J connectivity index is 2.13. The highest BCUT2D eigenvalue weighted by Crippen LogP contribution is 2.15. The van der Waals surface area contributed by atoms with Crippen LogP contribution in [0.25, 0.3) is 0 Å². The summed E-state index contributed by atoms with van der Waals surface area (Å²) in [4.78, 5) is 20.8. The maximum atomic E-state index is 10.8. The molecule has 1 saturated heterocycles. The second-order valence-electron chi connectivity index (χ2n) is 3.54. The molecule has 2 rings (SSSR count). The first-order valence-corrected chi connectivity index (χ1v) is 5.17. The summed E-state index contributed by atoms with van der Waals surface area (Å²) in [5.74, 6) is -0.0649. The summed E-state index contributed by atoms with van der Waals surface area (Å²) in [7, 11) is 1.52. The molecule has 1 aromatic heterocycles. The van der Waals surface area contributed by atoms with E-state index >= 15 is 0 Å². The van der Waals surface area contributed by atoms with E-state index in [2.05, 4.69) is 9.97 Å². The van der Waals surface area contributed by atoms with Crippen molar-refractivity contribution in [2.24, 2.45) is 0 Å². The van der Waals surface area contributed by atoms with E-state index in [1.165, 1.54) is 7.11 Å². The third-order valence-corrected chi connectivity index (χ3v) is 2.45. The molecule has 1 N–H and O–H groups in total. The Morgan fingerprint density at radius 3 is 3.24 bits per heavy atom. The van der Waals surface area contributed by atoms with Gasteiger partial charge in [-0.15, -0.1) is 0 Å². The maximum Gasteiger partial charge on any atom is 0.334 e. The summed E-state index contributed by atoms with van der Waals surface area (Å²) in [6.45, 7) is 1.15. The fourth-order valence-corrected chi connectivity index (χ4v) is 1.58. The van der Waals surface area contributed by atoms with Crippen LogP contribution in [0.15, 0.2) is 12.3 Å². The van der Waals surface area contributed by atoms with Gasteiger partial charge in [0.05, 0.1) is 20.3 Å². The standard InChI is InChI=1S/C10H13N3O4/c1-16-8-2-3-11-10(12-8)13-4-5-17-7(6-13)9(14)15/h2-3,7H,4-6H2,1H3,(H,14,15). The van der Waals surface area contributed by atoms with Crippen molar-refractivity contribution in [3.8, 4) is 5.88 Å². The predicted molar refractivity (Wildman–Crippen MR) is 58.2 cm³/mol. The number of carboxylic acids is 1. The Hall–Kier alpha value is -1.89. The summed E-state index contributed by atoms with van der Waals surface area (Å²) in [6, 6.07) is 1.64. The number of hydrogen-bond donors (Lipinski definition) is 1. The Morgan fingerprint density at radius 2 is 2.53 bits per heavy atom. The van der Waals surface area contributed by atoms with Gasteiger partial charge in [0.1, 0.15) is 0 Å². The number of aromatic nitrogens is 2. The van der Waals surface area contributed by atoms with E-state index in [9.17, 15) is 4.79 Å². The van der Waals surface area contributed by atoms with Crippen LogP contribution in [0.2, 0.25) is 0 Å². The third-order valence-electron chi connectivity index (χ3n) is 2.45. The molecule has 2 heterocycles. The Kier molecular flexibility index (Phi) is 3.38. The summed E-state index contributed by atoms with van der Waals surface area (Å²) in [6.07, 6.45) is 0.741. The molecule has 92 valence electrons. The van der Waals surface area contributed by atoms with Crippen molar-refractivity contribution in [3.63, 3.8) is 0 Å². The second kappa shape index (κ2) is 4.96. The van der Waals surface area contributed by atoms with Gasteiger partial charge in [-0.25, -0.2) is 9.78 Å². The largest absolute Gasteiger partial charge is 0.481 e. The minimum atomic E-state index is -0.974. The van der Waals surface area contributed by atoms with E-state index in [0.29, 0.717) is 25.0 Å². The molecule has 1 unspecified atom stereocenters. The van der Waals surface area contributed by atoms with Crippen LogP contribution in [0.4, 0.5) is 5.95 Å². The number of methoxy groups -OCH3 is 1. The van der Waals surface area contributed by atoms with Crippen molar-refractivity contribution >= 4 is 11.9 Å². The van der Waals surface area contributed by atoms with Crippen LogP contribution < -0.4 is 9.64 Å². The van der Waals surface area contributed by atoms with Crippen LogP contribution in [0.5, 0.6) is 5.88 Å². The number of ether oxygens (including phenoxy) is 2. The fraction of sp³-hybridized carbons (Fsp3) is 0.500. The number of anilines is 1. The minimum Gasteiger partial charge on any atom is -0.481 e. The molecule has 0 saturated carbocycles. The molecular weight excluding hydrogens is 226 g/mol. The van der Waals surface area contributed by atoms with Crippen LogP contribution in [0, 0.1) is 0 Å². The van der Waals surface area contributed by atoms with E-state index in [4.69, 9.17) is 14.6 Å². The number of morpholine rings is 1. The van der Waals surface area contributed by atoms with Crippen LogP contribution in [-0.2, 0) is 9.53 Å². The zero-order chi connectivity index (χ0) is 12.3. The van der Waals surface area contributed by atoms with Gasteiger partial charge in [0.25, 0.3) is 0 Å². The van der Waals surface area contributed by atoms with Crippen LogP contribution >= 0.6 is 0 Å². The highest BCUT2D eigenvalue weighted by molar-refractivity contribution is 5.73. The zero-order valence-electron chi connectivity index (χ0n) is 9.37. The van der Waals surface area contributed by atoms with Gasteiger partial charge < -0.3 is 19.5 Å². The van der Waals surface area contributed by atoms with E-state index in [-0.39, 0.29) is 6.54 Å². The topological polar surface area (TPSA) is 84.8 Å². The molecular formula is C10H13N3O4. The van der Waals surface area contributed by atoms with Gasteiger partial charge in [0, 0.05) is 18.8 Å². The van der Waals surface area contributed by atoms with Gasteiger partial charge in [0.2, 0.25) is 11.8 Å². The van der Waals surface area contributed by atoms with Crippen molar-refractivity contribution in [1.29, 1.82) is 0 Å². The lowest BCUT2D eigenvalue weighted by molar-refractivity contribution is -0.150. The summed E-state index contributed by atoms with van der Waals surface area (Å²) in [5, 5.41) is 8.89. The van der Waals surface area contributed by atoms with Gasteiger partial charge >= 0.3 is 5.97 Å². The molecule has 0 radical (unpaired) electrons.